The maximum atomic E-state index is 6.33. The smallest absolute Gasteiger partial charge is 0.223 e. The zero-order chi connectivity index (χ0) is 18.8. The normalized spacial score (nSPS) is 10.8. The number of halogens is 2. The summed E-state index contributed by atoms with van der Waals surface area (Å²) < 4.78 is 5.54. The molecule has 2 aromatic heterocycles. The lowest BCUT2D eigenvalue weighted by molar-refractivity contribution is 0.416. The van der Waals surface area contributed by atoms with E-state index in [9.17, 15) is 0 Å². The van der Waals surface area contributed by atoms with Crippen molar-refractivity contribution in [2.75, 3.05) is 7.11 Å². The molecule has 4 rings (SSSR count). The largest absolute Gasteiger partial charge is 0.496 e. The van der Waals surface area contributed by atoms with Crippen molar-refractivity contribution in [2.45, 2.75) is 0 Å². The number of hydrogen-bond acceptors (Lipinski definition) is 5. The van der Waals surface area contributed by atoms with Crippen LogP contribution in [0, 0.1) is 0 Å². The first kappa shape index (κ1) is 17.5. The third-order valence-electron chi connectivity index (χ3n) is 3.96. The first-order valence-corrected chi connectivity index (χ1v) is 8.77. The molecule has 0 aliphatic heterocycles. The van der Waals surface area contributed by atoms with Crippen LogP contribution in [0.5, 0.6) is 5.75 Å². The van der Waals surface area contributed by atoms with Crippen LogP contribution in [0.15, 0.2) is 60.8 Å². The highest BCUT2D eigenvalue weighted by molar-refractivity contribution is 6.39. The molecule has 0 radical (unpaired) electrons. The molecule has 0 bridgehead atoms. The van der Waals surface area contributed by atoms with Gasteiger partial charge in [-0.1, -0.05) is 35.3 Å². The Labute approximate surface area is 165 Å². The SMILES string of the molecule is COc1cc(-n2nnc(-c3ccccn3)n2)ccc1-c1c(Cl)cccc1Cl. The van der Waals surface area contributed by atoms with E-state index in [0.717, 1.165) is 5.56 Å². The molecule has 27 heavy (non-hydrogen) atoms. The Bertz CT molecular complexity index is 1080. The van der Waals surface area contributed by atoms with Gasteiger partial charge in [-0.25, -0.2) is 0 Å². The molecule has 0 spiro atoms. The molecule has 134 valence electrons. The van der Waals surface area contributed by atoms with Crippen molar-refractivity contribution in [3.05, 3.63) is 70.8 Å². The minimum Gasteiger partial charge on any atom is -0.496 e. The van der Waals surface area contributed by atoms with E-state index in [1.807, 2.05) is 30.3 Å². The highest BCUT2D eigenvalue weighted by Gasteiger charge is 2.15. The zero-order valence-electron chi connectivity index (χ0n) is 14.2. The van der Waals surface area contributed by atoms with Crippen LogP contribution in [-0.2, 0) is 0 Å². The second-order valence-electron chi connectivity index (χ2n) is 5.60. The lowest BCUT2D eigenvalue weighted by atomic mass is 10.0. The average Bonchev–Trinajstić information content (AvgIpc) is 3.19. The van der Waals surface area contributed by atoms with Crippen LogP contribution in [0.4, 0.5) is 0 Å². The van der Waals surface area contributed by atoms with E-state index >= 15 is 0 Å². The Kier molecular flexibility index (Phi) is 4.75. The molecule has 2 heterocycles. The summed E-state index contributed by atoms with van der Waals surface area (Å²) in [6.45, 7) is 0. The summed E-state index contributed by atoms with van der Waals surface area (Å²) in [5.41, 5.74) is 2.83. The van der Waals surface area contributed by atoms with Gasteiger partial charge in [-0.2, -0.15) is 0 Å². The Morgan fingerprint density at radius 1 is 0.963 bits per heavy atom. The monoisotopic (exact) mass is 397 g/mol. The van der Waals surface area contributed by atoms with Gasteiger partial charge < -0.3 is 4.74 Å². The Hall–Kier alpha value is -2.96. The van der Waals surface area contributed by atoms with Crippen molar-refractivity contribution in [3.8, 4) is 34.1 Å². The second-order valence-corrected chi connectivity index (χ2v) is 6.41. The van der Waals surface area contributed by atoms with Crippen LogP contribution in [0.1, 0.15) is 0 Å². The molecule has 8 heteroatoms. The zero-order valence-corrected chi connectivity index (χ0v) is 15.7. The molecule has 0 aliphatic carbocycles. The van der Waals surface area contributed by atoms with E-state index in [2.05, 4.69) is 20.4 Å². The van der Waals surface area contributed by atoms with Crippen molar-refractivity contribution in [3.63, 3.8) is 0 Å². The first-order valence-electron chi connectivity index (χ1n) is 8.01. The number of ether oxygens (including phenoxy) is 1. The fourth-order valence-electron chi connectivity index (χ4n) is 2.69. The van der Waals surface area contributed by atoms with Crippen molar-refractivity contribution >= 4 is 23.2 Å². The number of rotatable bonds is 4. The summed E-state index contributed by atoms with van der Waals surface area (Å²) >= 11 is 12.7. The van der Waals surface area contributed by atoms with Gasteiger partial charge in [0.25, 0.3) is 0 Å². The summed E-state index contributed by atoms with van der Waals surface area (Å²) in [4.78, 5) is 5.65. The summed E-state index contributed by atoms with van der Waals surface area (Å²) in [5, 5.41) is 13.6. The summed E-state index contributed by atoms with van der Waals surface area (Å²) in [6, 6.07) is 16.4. The molecule has 0 aliphatic rings. The minimum atomic E-state index is 0.438. The average molecular weight is 398 g/mol. The topological polar surface area (TPSA) is 65.7 Å². The number of methoxy groups -OCH3 is 1. The molecule has 0 saturated carbocycles. The van der Waals surface area contributed by atoms with Gasteiger partial charge in [0, 0.05) is 23.4 Å². The van der Waals surface area contributed by atoms with Crippen LogP contribution in [0.3, 0.4) is 0 Å². The molecule has 4 aromatic rings. The van der Waals surface area contributed by atoms with Crippen LogP contribution >= 0.6 is 23.2 Å². The van der Waals surface area contributed by atoms with E-state index in [1.54, 1.807) is 37.6 Å². The number of tetrazole rings is 1. The molecular weight excluding hydrogens is 385 g/mol. The van der Waals surface area contributed by atoms with Gasteiger partial charge in [-0.3, -0.25) is 4.98 Å². The molecular formula is C19H13Cl2N5O. The van der Waals surface area contributed by atoms with E-state index in [4.69, 9.17) is 27.9 Å². The second kappa shape index (κ2) is 7.34. The molecule has 0 unspecified atom stereocenters. The predicted octanol–water partition coefficient (Wildman–Crippen LogP) is 4.71. The molecule has 0 saturated heterocycles. The number of pyridine rings is 1. The van der Waals surface area contributed by atoms with Gasteiger partial charge in [0.05, 0.1) is 22.8 Å². The maximum Gasteiger partial charge on any atom is 0.223 e. The van der Waals surface area contributed by atoms with Crippen molar-refractivity contribution in [1.29, 1.82) is 0 Å². The van der Waals surface area contributed by atoms with Gasteiger partial charge >= 0.3 is 0 Å². The molecule has 0 fully saturated rings. The molecule has 6 nitrogen and oxygen atoms in total. The number of nitrogens with zero attached hydrogens (tertiary/aromatic N) is 5. The first-order chi connectivity index (χ1) is 13.2. The Morgan fingerprint density at radius 3 is 2.48 bits per heavy atom. The van der Waals surface area contributed by atoms with Crippen LogP contribution < -0.4 is 4.74 Å². The van der Waals surface area contributed by atoms with E-state index < -0.39 is 0 Å². The third-order valence-corrected chi connectivity index (χ3v) is 4.59. The van der Waals surface area contributed by atoms with Gasteiger partial charge in [0.1, 0.15) is 11.4 Å². The number of aromatic nitrogens is 5. The van der Waals surface area contributed by atoms with Crippen LogP contribution in [-0.4, -0.2) is 32.3 Å². The highest BCUT2D eigenvalue weighted by Crippen LogP contribution is 2.40. The fourth-order valence-corrected chi connectivity index (χ4v) is 3.29. The van der Waals surface area contributed by atoms with Gasteiger partial charge in [0.15, 0.2) is 0 Å². The van der Waals surface area contributed by atoms with Crippen LogP contribution in [0.2, 0.25) is 10.0 Å². The summed E-state index contributed by atoms with van der Waals surface area (Å²) in [7, 11) is 1.58. The third kappa shape index (κ3) is 3.37. The summed E-state index contributed by atoms with van der Waals surface area (Å²) in [5.74, 6) is 1.03. The number of hydrogen-bond donors (Lipinski definition) is 0. The standard InChI is InChI=1S/C19H13Cl2N5O/c1-27-17-11-12(8-9-13(17)18-14(20)5-4-6-15(18)21)26-24-19(23-25-26)16-7-2-3-10-22-16/h2-11H,1H3. The van der Waals surface area contributed by atoms with Crippen molar-refractivity contribution in [2.24, 2.45) is 0 Å². The van der Waals surface area contributed by atoms with Gasteiger partial charge in [0.2, 0.25) is 5.82 Å². The van der Waals surface area contributed by atoms with Crippen molar-refractivity contribution < 1.29 is 4.74 Å². The molecule has 0 amide bonds. The summed E-state index contributed by atoms with van der Waals surface area (Å²) in [6.07, 6.45) is 1.68. The Morgan fingerprint density at radius 2 is 1.78 bits per heavy atom. The Balaban J connectivity index is 1.75. The van der Waals surface area contributed by atoms with Crippen molar-refractivity contribution in [1.82, 2.24) is 25.2 Å². The minimum absolute atomic E-state index is 0.438. The molecule has 2 aromatic carbocycles. The predicted molar refractivity (Wildman–Crippen MR) is 104 cm³/mol. The highest BCUT2D eigenvalue weighted by atomic mass is 35.5. The van der Waals surface area contributed by atoms with E-state index in [0.29, 0.717) is 38.6 Å². The lowest BCUT2D eigenvalue weighted by Gasteiger charge is -2.13. The molecule has 0 N–H and O–H groups in total. The fraction of sp³-hybridized carbons (Fsp3) is 0.0526. The van der Waals surface area contributed by atoms with Gasteiger partial charge in [-0.05, 0) is 41.6 Å². The molecule has 0 atom stereocenters. The van der Waals surface area contributed by atoms with E-state index in [-0.39, 0.29) is 0 Å². The quantitative estimate of drug-likeness (QED) is 0.498. The number of benzene rings is 2. The van der Waals surface area contributed by atoms with Gasteiger partial charge in [-0.15, -0.1) is 15.0 Å². The van der Waals surface area contributed by atoms with E-state index in [1.165, 1.54) is 4.80 Å². The van der Waals surface area contributed by atoms with Crippen LogP contribution in [0.25, 0.3) is 28.3 Å². The maximum absolute atomic E-state index is 6.33. The lowest BCUT2D eigenvalue weighted by Crippen LogP contribution is -2.00.